The molecule has 0 radical (unpaired) electrons. The third-order valence-corrected chi connectivity index (χ3v) is 4.70. The second-order valence-electron chi connectivity index (χ2n) is 7.34. The van der Waals surface area contributed by atoms with Gasteiger partial charge >= 0.3 is 0 Å². The SMILES string of the molecule is CCNC(=NCC(C)(C)N(C)C)NC1CCc2nc(COC)nn2C1.I. The van der Waals surface area contributed by atoms with Crippen LogP contribution in [0.4, 0.5) is 0 Å². The van der Waals surface area contributed by atoms with Crippen molar-refractivity contribution in [1.29, 1.82) is 0 Å². The van der Waals surface area contributed by atoms with Gasteiger partial charge in [0.25, 0.3) is 0 Å². The molecule has 2 rings (SSSR count). The number of methoxy groups -OCH3 is 1. The zero-order valence-electron chi connectivity index (χ0n) is 16.9. The number of guanidine groups is 1. The van der Waals surface area contributed by atoms with E-state index in [4.69, 9.17) is 9.73 Å². The predicted octanol–water partition coefficient (Wildman–Crippen LogP) is 1.25. The first-order valence-corrected chi connectivity index (χ1v) is 8.99. The summed E-state index contributed by atoms with van der Waals surface area (Å²) in [5, 5.41) is 11.4. The topological polar surface area (TPSA) is 79.6 Å². The number of likely N-dealkylation sites (N-methyl/N-ethyl adjacent to an activating group) is 1. The number of nitrogens with one attached hydrogen (secondary N) is 2. The highest BCUT2D eigenvalue weighted by Gasteiger charge is 2.23. The molecule has 1 unspecified atom stereocenters. The smallest absolute Gasteiger partial charge is 0.191 e. The quantitative estimate of drug-likeness (QED) is 0.348. The lowest BCUT2D eigenvalue weighted by Crippen LogP contribution is -2.48. The molecule has 2 heterocycles. The molecular formula is C17H34IN7O. The summed E-state index contributed by atoms with van der Waals surface area (Å²) in [6.07, 6.45) is 1.93. The van der Waals surface area contributed by atoms with E-state index in [0.717, 1.165) is 50.1 Å². The van der Waals surface area contributed by atoms with E-state index in [1.165, 1.54) is 0 Å². The van der Waals surface area contributed by atoms with Crippen molar-refractivity contribution >= 4 is 29.9 Å². The summed E-state index contributed by atoms with van der Waals surface area (Å²) >= 11 is 0. The van der Waals surface area contributed by atoms with Crippen LogP contribution in [0.2, 0.25) is 0 Å². The van der Waals surface area contributed by atoms with Gasteiger partial charge in [-0.05, 0) is 41.3 Å². The highest BCUT2D eigenvalue weighted by Crippen LogP contribution is 2.14. The van der Waals surface area contributed by atoms with Crippen molar-refractivity contribution in [2.45, 2.75) is 58.3 Å². The third kappa shape index (κ3) is 6.34. The molecule has 1 aromatic heterocycles. The minimum atomic E-state index is 0. The maximum atomic E-state index is 5.12. The van der Waals surface area contributed by atoms with Gasteiger partial charge in [0.2, 0.25) is 0 Å². The minimum absolute atomic E-state index is 0. The Kier molecular flexibility index (Phi) is 9.25. The van der Waals surface area contributed by atoms with Crippen LogP contribution >= 0.6 is 24.0 Å². The number of aromatic nitrogens is 3. The Morgan fingerprint density at radius 2 is 2.15 bits per heavy atom. The van der Waals surface area contributed by atoms with Gasteiger partial charge < -0.3 is 20.3 Å². The Labute approximate surface area is 174 Å². The Morgan fingerprint density at radius 3 is 2.77 bits per heavy atom. The number of ether oxygens (including phenoxy) is 1. The lowest BCUT2D eigenvalue weighted by atomic mass is 10.1. The van der Waals surface area contributed by atoms with Crippen LogP contribution in [0.1, 0.15) is 38.8 Å². The van der Waals surface area contributed by atoms with Crippen molar-refractivity contribution < 1.29 is 4.74 Å². The number of fused-ring (bicyclic) bond motifs is 1. The number of aryl methyl sites for hydroxylation is 1. The second kappa shape index (κ2) is 10.4. The normalized spacial score (nSPS) is 17.7. The van der Waals surface area contributed by atoms with E-state index in [-0.39, 0.29) is 29.5 Å². The second-order valence-corrected chi connectivity index (χ2v) is 7.34. The van der Waals surface area contributed by atoms with Crippen LogP contribution in [0.3, 0.4) is 0 Å². The Morgan fingerprint density at radius 1 is 1.42 bits per heavy atom. The number of hydrogen-bond acceptors (Lipinski definition) is 5. The standard InChI is InChI=1S/C17H33N7O.HI/c1-7-18-16(19-12-17(2,3)23(4)5)20-13-8-9-15-21-14(11-25-6)22-24(15)10-13;/h13H,7-12H2,1-6H3,(H2,18,19,20);1H. The number of rotatable bonds is 7. The lowest BCUT2D eigenvalue weighted by Gasteiger charge is -2.31. The zero-order valence-corrected chi connectivity index (χ0v) is 19.2. The van der Waals surface area contributed by atoms with Gasteiger partial charge in [0.15, 0.2) is 11.8 Å². The molecule has 0 saturated carbocycles. The van der Waals surface area contributed by atoms with Gasteiger partial charge in [-0.1, -0.05) is 0 Å². The zero-order chi connectivity index (χ0) is 18.4. The molecule has 150 valence electrons. The van der Waals surface area contributed by atoms with E-state index in [0.29, 0.717) is 12.6 Å². The minimum Gasteiger partial charge on any atom is -0.377 e. The van der Waals surface area contributed by atoms with E-state index in [1.54, 1.807) is 7.11 Å². The Hall–Kier alpha value is -0.940. The van der Waals surface area contributed by atoms with Crippen molar-refractivity contribution in [3.8, 4) is 0 Å². The molecular weight excluding hydrogens is 445 g/mol. The van der Waals surface area contributed by atoms with Gasteiger partial charge in [-0.15, -0.1) is 24.0 Å². The monoisotopic (exact) mass is 479 g/mol. The number of nitrogens with zero attached hydrogens (tertiary/aromatic N) is 5. The molecule has 0 saturated heterocycles. The van der Waals surface area contributed by atoms with Gasteiger partial charge in [-0.3, -0.25) is 4.99 Å². The number of halogens is 1. The summed E-state index contributed by atoms with van der Waals surface area (Å²) in [6, 6.07) is 0.296. The van der Waals surface area contributed by atoms with E-state index in [1.807, 2.05) is 4.68 Å². The maximum absolute atomic E-state index is 5.12. The van der Waals surface area contributed by atoms with Gasteiger partial charge in [-0.25, -0.2) is 9.67 Å². The van der Waals surface area contributed by atoms with Crippen molar-refractivity contribution in [3.63, 3.8) is 0 Å². The first-order valence-electron chi connectivity index (χ1n) is 8.99. The highest BCUT2D eigenvalue weighted by atomic mass is 127. The number of hydrogen-bond donors (Lipinski definition) is 2. The summed E-state index contributed by atoms with van der Waals surface area (Å²) in [5.41, 5.74) is 0.0169. The largest absolute Gasteiger partial charge is 0.377 e. The summed E-state index contributed by atoms with van der Waals surface area (Å²) in [7, 11) is 5.83. The fourth-order valence-corrected chi connectivity index (χ4v) is 2.60. The molecule has 0 aromatic carbocycles. The summed E-state index contributed by atoms with van der Waals surface area (Å²) in [4.78, 5) is 11.5. The van der Waals surface area contributed by atoms with Crippen molar-refractivity contribution in [1.82, 2.24) is 30.3 Å². The molecule has 0 bridgehead atoms. The lowest BCUT2D eigenvalue weighted by molar-refractivity contribution is 0.177. The van der Waals surface area contributed by atoms with Crippen molar-refractivity contribution in [3.05, 3.63) is 11.6 Å². The molecule has 0 fully saturated rings. The molecule has 1 aliphatic heterocycles. The van der Waals surface area contributed by atoms with Crippen molar-refractivity contribution in [2.75, 3.05) is 34.3 Å². The number of aliphatic imine (C=N–C) groups is 1. The van der Waals surface area contributed by atoms with Crippen molar-refractivity contribution in [2.24, 2.45) is 4.99 Å². The molecule has 26 heavy (non-hydrogen) atoms. The van der Waals surface area contributed by atoms with Crippen LogP contribution < -0.4 is 10.6 Å². The van der Waals surface area contributed by atoms with Crippen LogP contribution in [-0.2, 0) is 24.3 Å². The molecule has 0 spiro atoms. The molecule has 9 heteroatoms. The Balaban J connectivity index is 0.00000338. The van der Waals surface area contributed by atoms with E-state index < -0.39 is 0 Å². The van der Waals surface area contributed by atoms with E-state index >= 15 is 0 Å². The van der Waals surface area contributed by atoms with Crippen LogP contribution in [-0.4, -0.2) is 71.5 Å². The third-order valence-electron chi connectivity index (χ3n) is 4.70. The predicted molar refractivity (Wildman–Crippen MR) is 115 cm³/mol. The van der Waals surface area contributed by atoms with Crippen LogP contribution in [0.25, 0.3) is 0 Å². The van der Waals surface area contributed by atoms with Gasteiger partial charge in [0, 0.05) is 31.7 Å². The molecule has 1 atom stereocenters. The van der Waals surface area contributed by atoms with Gasteiger partial charge in [-0.2, -0.15) is 5.10 Å². The molecule has 1 aromatic rings. The average molecular weight is 479 g/mol. The van der Waals surface area contributed by atoms with Gasteiger partial charge in [0.05, 0.1) is 13.1 Å². The first kappa shape index (κ1) is 23.1. The average Bonchev–Trinajstić information content (AvgIpc) is 2.95. The van der Waals surface area contributed by atoms with Gasteiger partial charge in [0.1, 0.15) is 12.4 Å². The van der Waals surface area contributed by atoms with Crippen LogP contribution in [0, 0.1) is 0 Å². The molecule has 1 aliphatic rings. The van der Waals surface area contributed by atoms with Crippen LogP contribution in [0.5, 0.6) is 0 Å². The first-order chi connectivity index (χ1) is 11.9. The Bertz CT molecular complexity index is 586. The summed E-state index contributed by atoms with van der Waals surface area (Å²) < 4.78 is 7.11. The molecule has 0 aliphatic carbocycles. The summed E-state index contributed by atoms with van der Waals surface area (Å²) in [6.45, 7) is 9.30. The molecule has 8 nitrogen and oxygen atoms in total. The van der Waals surface area contributed by atoms with E-state index in [2.05, 4.69) is 60.5 Å². The summed E-state index contributed by atoms with van der Waals surface area (Å²) in [5.74, 6) is 2.66. The highest BCUT2D eigenvalue weighted by molar-refractivity contribution is 14.0. The van der Waals surface area contributed by atoms with E-state index in [9.17, 15) is 0 Å². The fourth-order valence-electron chi connectivity index (χ4n) is 2.60. The maximum Gasteiger partial charge on any atom is 0.191 e. The molecule has 2 N–H and O–H groups in total. The molecule has 0 amide bonds. The van der Waals surface area contributed by atoms with Crippen LogP contribution in [0.15, 0.2) is 4.99 Å². The fraction of sp³-hybridized carbons (Fsp3) is 0.824.